The first-order valence-electron chi connectivity index (χ1n) is 6.37. The second kappa shape index (κ2) is 2.20. The van der Waals surface area contributed by atoms with Crippen LogP contribution in [0, 0.1) is 29.6 Å². The quantitative estimate of drug-likeness (QED) is 0.551. The molecule has 4 aliphatic carbocycles. The average Bonchev–Trinajstić information content (AvgIpc) is 2.76. The van der Waals surface area contributed by atoms with Crippen LogP contribution in [-0.2, 0) is 4.74 Å². The summed E-state index contributed by atoms with van der Waals surface area (Å²) in [6, 6.07) is 0. The Labute approximate surface area is 91.9 Å². The van der Waals surface area contributed by atoms with Crippen molar-refractivity contribution in [3.8, 4) is 0 Å². The van der Waals surface area contributed by atoms with Gasteiger partial charge in [-0.2, -0.15) is 0 Å². The Morgan fingerprint density at radius 2 is 2.07 bits per heavy atom. The maximum Gasteiger partial charge on any atom is 0.0688 e. The SMILES string of the molecule is CC(C)=C1[C@@H]2[C@@H]3C[C@H]1[C@@H]1[C@@H]2OC(C)(C)[C@H]31. The molecular weight excluding hydrogens is 184 g/mol. The van der Waals surface area contributed by atoms with E-state index in [2.05, 4.69) is 27.7 Å². The van der Waals surface area contributed by atoms with E-state index in [4.69, 9.17) is 4.74 Å². The predicted molar refractivity (Wildman–Crippen MR) is 59.4 cm³/mol. The summed E-state index contributed by atoms with van der Waals surface area (Å²) in [4.78, 5) is 0. The molecule has 0 unspecified atom stereocenters. The molecule has 1 aliphatic heterocycles. The van der Waals surface area contributed by atoms with E-state index in [1.165, 1.54) is 6.42 Å². The summed E-state index contributed by atoms with van der Waals surface area (Å²) >= 11 is 0. The lowest BCUT2D eigenvalue weighted by molar-refractivity contribution is -0.0986. The molecule has 0 aromatic heterocycles. The lowest BCUT2D eigenvalue weighted by Gasteiger charge is -2.38. The summed E-state index contributed by atoms with van der Waals surface area (Å²) in [5.74, 6) is 4.46. The number of hydrogen-bond acceptors (Lipinski definition) is 1. The summed E-state index contributed by atoms with van der Waals surface area (Å²) in [6.45, 7) is 9.21. The molecule has 1 heterocycles. The molecule has 15 heavy (non-hydrogen) atoms. The molecule has 0 aromatic carbocycles. The Morgan fingerprint density at radius 3 is 2.60 bits per heavy atom. The maximum absolute atomic E-state index is 6.28. The van der Waals surface area contributed by atoms with Crippen molar-refractivity contribution in [1.82, 2.24) is 0 Å². The Hall–Kier alpha value is -0.300. The molecule has 0 spiro atoms. The van der Waals surface area contributed by atoms with Crippen LogP contribution in [0.4, 0.5) is 0 Å². The third-order valence-electron chi connectivity index (χ3n) is 5.64. The van der Waals surface area contributed by atoms with Crippen molar-refractivity contribution in [3.63, 3.8) is 0 Å². The first-order chi connectivity index (χ1) is 7.02. The van der Waals surface area contributed by atoms with Crippen molar-refractivity contribution in [2.45, 2.75) is 45.8 Å². The van der Waals surface area contributed by atoms with Crippen LogP contribution in [-0.4, -0.2) is 11.7 Å². The minimum absolute atomic E-state index is 0.179. The van der Waals surface area contributed by atoms with E-state index in [0.717, 1.165) is 29.6 Å². The average molecular weight is 204 g/mol. The van der Waals surface area contributed by atoms with Crippen molar-refractivity contribution in [2.24, 2.45) is 29.6 Å². The van der Waals surface area contributed by atoms with Gasteiger partial charge in [0, 0.05) is 5.92 Å². The summed E-state index contributed by atoms with van der Waals surface area (Å²) in [5, 5.41) is 0. The number of rotatable bonds is 0. The van der Waals surface area contributed by atoms with Gasteiger partial charge >= 0.3 is 0 Å². The molecule has 0 N–H and O–H groups in total. The molecule has 82 valence electrons. The largest absolute Gasteiger partial charge is 0.371 e. The molecule has 6 bridgehead atoms. The van der Waals surface area contributed by atoms with Crippen molar-refractivity contribution in [2.75, 3.05) is 0 Å². The van der Waals surface area contributed by atoms with Gasteiger partial charge in [-0.15, -0.1) is 0 Å². The van der Waals surface area contributed by atoms with Gasteiger partial charge in [0.25, 0.3) is 0 Å². The molecule has 1 heteroatoms. The van der Waals surface area contributed by atoms with Crippen molar-refractivity contribution >= 4 is 0 Å². The molecule has 5 fully saturated rings. The Morgan fingerprint density at radius 1 is 1.33 bits per heavy atom. The van der Waals surface area contributed by atoms with Gasteiger partial charge in [-0.25, -0.2) is 0 Å². The second-order valence-corrected chi connectivity index (χ2v) is 6.78. The van der Waals surface area contributed by atoms with Gasteiger partial charge in [0.15, 0.2) is 0 Å². The van der Waals surface area contributed by atoms with Crippen LogP contribution >= 0.6 is 0 Å². The van der Waals surface area contributed by atoms with Crippen LogP contribution in [0.25, 0.3) is 0 Å². The molecule has 0 amide bonds. The Balaban J connectivity index is 1.85. The van der Waals surface area contributed by atoms with E-state index in [9.17, 15) is 0 Å². The summed E-state index contributed by atoms with van der Waals surface area (Å²) < 4.78 is 6.28. The fourth-order valence-corrected chi connectivity index (χ4v) is 5.67. The second-order valence-electron chi connectivity index (χ2n) is 6.78. The minimum atomic E-state index is 0.179. The van der Waals surface area contributed by atoms with Crippen LogP contribution < -0.4 is 0 Å². The van der Waals surface area contributed by atoms with E-state index >= 15 is 0 Å². The number of ether oxygens (including phenoxy) is 1. The molecule has 5 rings (SSSR count). The summed E-state index contributed by atoms with van der Waals surface area (Å²) in [5.41, 5.74) is 3.56. The zero-order chi connectivity index (χ0) is 10.5. The fraction of sp³-hybridized carbons (Fsp3) is 0.857. The molecule has 6 atom stereocenters. The lowest BCUT2D eigenvalue weighted by atomic mass is 9.76. The highest BCUT2D eigenvalue weighted by Crippen LogP contribution is 2.75. The van der Waals surface area contributed by atoms with E-state index in [-0.39, 0.29) is 5.60 Å². The number of hydrogen-bond donors (Lipinski definition) is 0. The number of allylic oxidation sites excluding steroid dienone is 1. The topological polar surface area (TPSA) is 9.23 Å². The first-order valence-corrected chi connectivity index (χ1v) is 6.37. The van der Waals surface area contributed by atoms with Crippen LogP contribution in [0.1, 0.15) is 34.1 Å². The zero-order valence-corrected chi connectivity index (χ0v) is 10.1. The normalized spacial score (nSPS) is 57.2. The standard InChI is InChI=1S/C14H20O/c1-6(2)9-7-5-8-10(9)13-11(7)12(8)14(3,4)15-13/h7-8,10-13H,5H2,1-4H3/t7-,8+,10+,11+,12-,13-/m1/s1. The van der Waals surface area contributed by atoms with Crippen LogP contribution in [0.2, 0.25) is 0 Å². The zero-order valence-electron chi connectivity index (χ0n) is 10.1. The van der Waals surface area contributed by atoms with Gasteiger partial charge in [-0.3, -0.25) is 0 Å². The molecule has 1 saturated heterocycles. The summed E-state index contributed by atoms with van der Waals surface area (Å²) in [6.07, 6.45) is 2.07. The van der Waals surface area contributed by atoms with Crippen molar-refractivity contribution in [1.29, 1.82) is 0 Å². The molecular formula is C14H20O. The lowest BCUT2D eigenvalue weighted by Crippen LogP contribution is -2.40. The van der Waals surface area contributed by atoms with E-state index < -0.39 is 0 Å². The molecule has 0 radical (unpaired) electrons. The van der Waals surface area contributed by atoms with Crippen LogP contribution in [0.15, 0.2) is 11.1 Å². The van der Waals surface area contributed by atoms with Gasteiger partial charge in [0.05, 0.1) is 11.7 Å². The Bertz CT molecular complexity index is 373. The van der Waals surface area contributed by atoms with Crippen molar-refractivity contribution in [3.05, 3.63) is 11.1 Å². The smallest absolute Gasteiger partial charge is 0.0688 e. The van der Waals surface area contributed by atoms with Gasteiger partial charge < -0.3 is 4.74 Å². The van der Waals surface area contributed by atoms with Gasteiger partial charge in [0.2, 0.25) is 0 Å². The van der Waals surface area contributed by atoms with E-state index in [0.29, 0.717) is 6.10 Å². The van der Waals surface area contributed by atoms with Gasteiger partial charge in [-0.1, -0.05) is 11.1 Å². The van der Waals surface area contributed by atoms with Gasteiger partial charge in [0.1, 0.15) is 0 Å². The van der Waals surface area contributed by atoms with Crippen molar-refractivity contribution < 1.29 is 4.74 Å². The van der Waals surface area contributed by atoms with Crippen LogP contribution in [0.3, 0.4) is 0 Å². The van der Waals surface area contributed by atoms with Gasteiger partial charge in [-0.05, 0) is 57.8 Å². The molecule has 4 saturated carbocycles. The van der Waals surface area contributed by atoms with Crippen LogP contribution in [0.5, 0.6) is 0 Å². The minimum Gasteiger partial charge on any atom is -0.371 e. The fourth-order valence-electron chi connectivity index (χ4n) is 5.67. The highest BCUT2D eigenvalue weighted by Gasteiger charge is 2.75. The molecule has 5 aliphatic rings. The highest BCUT2D eigenvalue weighted by molar-refractivity contribution is 5.39. The third kappa shape index (κ3) is 0.730. The highest BCUT2D eigenvalue weighted by atomic mass is 16.5. The van der Waals surface area contributed by atoms with E-state index in [1.54, 1.807) is 11.1 Å². The Kier molecular flexibility index (Phi) is 1.29. The van der Waals surface area contributed by atoms with E-state index in [1.807, 2.05) is 0 Å². The molecule has 1 nitrogen and oxygen atoms in total. The third-order valence-corrected chi connectivity index (χ3v) is 5.64. The summed E-state index contributed by atoms with van der Waals surface area (Å²) in [7, 11) is 0. The first kappa shape index (κ1) is 8.81. The molecule has 0 aromatic rings. The maximum atomic E-state index is 6.28. The monoisotopic (exact) mass is 204 g/mol. The predicted octanol–water partition coefficient (Wildman–Crippen LogP) is 3.01.